The molecule has 39 heavy (non-hydrogen) atoms. The molecular formula is C24H25ClF3N7O3S. The van der Waals surface area contributed by atoms with Gasteiger partial charge >= 0.3 is 6.18 Å². The fourth-order valence-corrected chi connectivity index (χ4v) is 5.21. The highest BCUT2D eigenvalue weighted by molar-refractivity contribution is 7.19. The Bertz CT molecular complexity index is 1370. The van der Waals surface area contributed by atoms with Gasteiger partial charge in [0, 0.05) is 37.3 Å². The number of rotatable bonds is 8. The number of nitrogens with one attached hydrogen (secondary N) is 1. The van der Waals surface area contributed by atoms with Crippen LogP contribution in [0, 0.1) is 11.5 Å². The summed E-state index contributed by atoms with van der Waals surface area (Å²) in [6, 6.07) is 6.40. The maximum absolute atomic E-state index is 13.3. The van der Waals surface area contributed by atoms with Crippen molar-refractivity contribution in [1.29, 1.82) is 5.26 Å². The largest absolute Gasteiger partial charge is 0.407 e. The summed E-state index contributed by atoms with van der Waals surface area (Å²) in [6.45, 7) is 3.91. The van der Waals surface area contributed by atoms with E-state index < -0.39 is 30.2 Å². The molecule has 1 aliphatic heterocycles. The molecule has 4 rings (SSSR count). The van der Waals surface area contributed by atoms with Crippen molar-refractivity contribution in [2.45, 2.75) is 51.5 Å². The number of aromatic nitrogens is 3. The number of carbonyl (C=O) groups excluding carboxylic acids is 2. The molecule has 0 aliphatic carbocycles. The van der Waals surface area contributed by atoms with Crippen molar-refractivity contribution in [1.82, 2.24) is 30.1 Å². The van der Waals surface area contributed by atoms with Gasteiger partial charge in [0.2, 0.25) is 0 Å². The van der Waals surface area contributed by atoms with Gasteiger partial charge in [-0.3, -0.25) is 14.3 Å². The van der Waals surface area contributed by atoms with E-state index in [0.717, 1.165) is 28.7 Å². The van der Waals surface area contributed by atoms with Gasteiger partial charge < -0.3 is 14.7 Å². The van der Waals surface area contributed by atoms with Crippen LogP contribution in [0.15, 0.2) is 28.8 Å². The molecule has 0 atom stereocenters. The van der Waals surface area contributed by atoms with Gasteiger partial charge in [0.25, 0.3) is 11.8 Å². The van der Waals surface area contributed by atoms with Crippen LogP contribution in [-0.2, 0) is 6.54 Å². The molecule has 3 aromatic rings. The molecule has 3 aromatic heterocycles. The van der Waals surface area contributed by atoms with Gasteiger partial charge in [0.1, 0.15) is 17.9 Å². The topological polar surface area (TPSA) is 120 Å². The number of piperidine rings is 1. The van der Waals surface area contributed by atoms with Crippen molar-refractivity contribution in [3.8, 4) is 16.8 Å². The van der Waals surface area contributed by atoms with Crippen LogP contribution in [0.2, 0.25) is 4.34 Å². The van der Waals surface area contributed by atoms with Gasteiger partial charge in [-0.05, 0) is 38.8 Å². The second kappa shape index (κ2) is 11.8. The van der Waals surface area contributed by atoms with Crippen LogP contribution in [0.5, 0.6) is 0 Å². The third kappa shape index (κ3) is 7.17. The van der Waals surface area contributed by atoms with E-state index in [-0.39, 0.29) is 23.2 Å². The number of hydrogen-bond acceptors (Lipinski definition) is 8. The van der Waals surface area contributed by atoms with Crippen LogP contribution >= 0.6 is 22.9 Å². The number of halogens is 4. The number of nitrogens with zero attached hydrogens (tertiary/aromatic N) is 6. The maximum atomic E-state index is 13.3. The van der Waals surface area contributed by atoms with Gasteiger partial charge in [-0.25, -0.2) is 4.90 Å². The van der Waals surface area contributed by atoms with Gasteiger partial charge in [-0.15, -0.1) is 11.3 Å². The number of hydrogen-bond donors (Lipinski definition) is 1. The predicted molar refractivity (Wildman–Crippen MR) is 136 cm³/mol. The van der Waals surface area contributed by atoms with Crippen LogP contribution in [0.3, 0.4) is 0 Å². The average molecular weight is 584 g/mol. The number of alkyl halides is 3. The second-order valence-electron chi connectivity index (χ2n) is 9.34. The fraction of sp³-hybridized carbons (Fsp3) is 0.458. The predicted octanol–water partition coefficient (Wildman–Crippen LogP) is 4.39. The summed E-state index contributed by atoms with van der Waals surface area (Å²) < 4.78 is 45.7. The first-order valence-corrected chi connectivity index (χ1v) is 13.3. The maximum Gasteiger partial charge on any atom is 0.407 e. The number of nitriles is 1. The van der Waals surface area contributed by atoms with E-state index in [4.69, 9.17) is 21.4 Å². The summed E-state index contributed by atoms with van der Waals surface area (Å²) in [5.74, 6) is -1.39. The lowest BCUT2D eigenvalue weighted by atomic mass is 10.0. The first-order valence-electron chi connectivity index (χ1n) is 12.1. The van der Waals surface area contributed by atoms with Crippen LogP contribution in [0.25, 0.3) is 10.6 Å². The minimum absolute atomic E-state index is 0.0509. The molecule has 1 saturated heterocycles. The van der Waals surface area contributed by atoms with Crippen molar-refractivity contribution >= 4 is 34.8 Å². The normalized spacial score (nSPS) is 14.9. The quantitative estimate of drug-likeness (QED) is 0.308. The number of carbonyl (C=O) groups is 2. The van der Waals surface area contributed by atoms with Gasteiger partial charge in [0.05, 0.1) is 15.8 Å². The van der Waals surface area contributed by atoms with Crippen molar-refractivity contribution in [2.75, 3.05) is 19.6 Å². The highest BCUT2D eigenvalue weighted by Crippen LogP contribution is 2.31. The molecule has 1 N–H and O–H groups in total. The first-order chi connectivity index (χ1) is 18.4. The monoisotopic (exact) mass is 583 g/mol. The Hall–Kier alpha value is -3.41. The standard InChI is InChI=1S/C24H25ClF3N7O3S/c1-14(2)33-7-5-15(6-8-33)30-22(36)18-10-17(23(37)34(13-29)12-24(26,27)28)31-35(18)11-16-9-19(38-32-16)20-3-4-21(25)39-20/h3-4,9-10,14-15H,5-8,11-12H2,1-2H3,(H,30,36). The summed E-state index contributed by atoms with van der Waals surface area (Å²) in [4.78, 5) is 28.9. The SMILES string of the molecule is CC(C)N1CCC(NC(=O)c2cc(C(=O)N(C#N)CC(F)(F)F)nn2Cc2cc(-c3ccc(Cl)s3)on2)CC1. The molecule has 0 radical (unpaired) electrons. The van der Waals surface area contributed by atoms with Crippen LogP contribution < -0.4 is 5.32 Å². The molecule has 0 saturated carbocycles. The summed E-state index contributed by atoms with van der Waals surface area (Å²) in [5.41, 5.74) is -0.184. The zero-order valence-corrected chi connectivity index (χ0v) is 22.6. The molecule has 0 unspecified atom stereocenters. The molecule has 208 valence electrons. The second-order valence-corrected chi connectivity index (χ2v) is 11.1. The molecule has 0 aromatic carbocycles. The van der Waals surface area contributed by atoms with E-state index in [9.17, 15) is 22.8 Å². The Morgan fingerprint density at radius 3 is 2.62 bits per heavy atom. The molecule has 0 spiro atoms. The minimum atomic E-state index is -4.79. The molecule has 10 nitrogen and oxygen atoms in total. The van der Waals surface area contributed by atoms with Gasteiger partial charge in [-0.1, -0.05) is 16.8 Å². The first kappa shape index (κ1) is 28.6. The molecular weight excluding hydrogens is 559 g/mol. The Labute approximate surface area is 230 Å². The lowest BCUT2D eigenvalue weighted by Crippen LogP contribution is -2.46. The Kier molecular flexibility index (Phi) is 8.63. The van der Waals surface area contributed by atoms with Crippen LogP contribution in [0.4, 0.5) is 13.2 Å². The molecule has 1 aliphatic rings. The highest BCUT2D eigenvalue weighted by atomic mass is 35.5. The Balaban J connectivity index is 1.58. The van der Waals surface area contributed by atoms with E-state index in [2.05, 4.69) is 34.3 Å². The molecule has 0 bridgehead atoms. The number of likely N-dealkylation sites (tertiary alicyclic amines) is 1. The van der Waals surface area contributed by atoms with E-state index in [1.807, 2.05) is 0 Å². The summed E-state index contributed by atoms with van der Waals surface area (Å²) >= 11 is 7.26. The van der Waals surface area contributed by atoms with Crippen molar-refractivity contribution < 1.29 is 27.3 Å². The fourth-order valence-electron chi connectivity index (χ4n) is 4.22. The van der Waals surface area contributed by atoms with E-state index in [1.165, 1.54) is 17.5 Å². The number of amides is 2. The van der Waals surface area contributed by atoms with E-state index in [0.29, 0.717) is 34.7 Å². The zero-order chi connectivity index (χ0) is 28.3. The minimum Gasteiger partial charge on any atom is -0.355 e. The van der Waals surface area contributed by atoms with Crippen LogP contribution in [-0.4, -0.2) is 74.4 Å². The third-order valence-corrected chi connectivity index (χ3v) is 7.46. The zero-order valence-electron chi connectivity index (χ0n) is 21.0. The molecule has 4 heterocycles. The van der Waals surface area contributed by atoms with E-state index in [1.54, 1.807) is 18.2 Å². The lowest BCUT2D eigenvalue weighted by Gasteiger charge is -2.34. The van der Waals surface area contributed by atoms with Crippen molar-refractivity contribution in [3.05, 3.63) is 45.7 Å². The highest BCUT2D eigenvalue weighted by Gasteiger charge is 2.35. The summed E-state index contributed by atoms with van der Waals surface area (Å²) in [6.07, 6.45) is -2.12. The van der Waals surface area contributed by atoms with Crippen LogP contribution in [0.1, 0.15) is 53.4 Å². The Morgan fingerprint density at radius 1 is 1.31 bits per heavy atom. The summed E-state index contributed by atoms with van der Waals surface area (Å²) in [7, 11) is 0. The Morgan fingerprint density at radius 2 is 2.03 bits per heavy atom. The average Bonchev–Trinajstić information content (AvgIpc) is 3.62. The van der Waals surface area contributed by atoms with Gasteiger partial charge in [0.15, 0.2) is 17.6 Å². The van der Waals surface area contributed by atoms with Gasteiger partial charge in [-0.2, -0.15) is 23.5 Å². The van der Waals surface area contributed by atoms with Crippen molar-refractivity contribution in [2.24, 2.45) is 0 Å². The van der Waals surface area contributed by atoms with E-state index >= 15 is 0 Å². The summed E-state index contributed by atoms with van der Waals surface area (Å²) in [5, 5.41) is 20.1. The van der Waals surface area contributed by atoms with Crippen molar-refractivity contribution in [3.63, 3.8) is 0 Å². The lowest BCUT2D eigenvalue weighted by molar-refractivity contribution is -0.135. The molecule has 2 amide bonds. The molecule has 1 fully saturated rings. The molecule has 15 heteroatoms. The third-order valence-electron chi connectivity index (χ3n) is 6.22. The smallest absolute Gasteiger partial charge is 0.355 e. The number of thiophene rings is 1.